The number of carbonyl (C=O) groups excluding carboxylic acids is 2. The van der Waals surface area contributed by atoms with Crippen molar-refractivity contribution in [2.75, 3.05) is 4.90 Å². The molecule has 0 bridgehead atoms. The summed E-state index contributed by atoms with van der Waals surface area (Å²) in [6, 6.07) is 10.3. The van der Waals surface area contributed by atoms with Crippen LogP contribution in [-0.2, 0) is 11.3 Å². The molecule has 26 heavy (non-hydrogen) atoms. The highest BCUT2D eigenvalue weighted by atomic mass is 32.1. The third-order valence-electron chi connectivity index (χ3n) is 4.26. The molecular weight excluding hydrogens is 352 g/mol. The first-order chi connectivity index (χ1) is 12.5. The molecule has 1 aliphatic rings. The lowest BCUT2D eigenvalue weighted by Crippen LogP contribution is -2.33. The van der Waals surface area contributed by atoms with Gasteiger partial charge in [0.1, 0.15) is 12.6 Å². The van der Waals surface area contributed by atoms with Crippen LogP contribution >= 0.6 is 11.3 Å². The Kier molecular flexibility index (Phi) is 4.04. The molecule has 0 aliphatic carbocycles. The van der Waals surface area contributed by atoms with Crippen LogP contribution in [0.1, 0.15) is 18.4 Å². The molecule has 132 valence electrons. The topological polar surface area (TPSA) is 79.5 Å². The number of imide groups is 1. The van der Waals surface area contributed by atoms with Crippen LogP contribution < -0.4 is 4.90 Å². The minimum absolute atomic E-state index is 0.0389. The normalized spacial score (nSPS) is 17.4. The van der Waals surface area contributed by atoms with E-state index in [0.29, 0.717) is 11.5 Å². The fourth-order valence-electron chi connectivity index (χ4n) is 2.87. The smallest absolute Gasteiger partial charge is 0.332 e. The maximum Gasteiger partial charge on any atom is 0.332 e. The number of hydrogen-bond acceptors (Lipinski definition) is 6. The molecule has 1 aromatic carbocycles. The second kappa shape index (κ2) is 6.38. The average molecular weight is 368 g/mol. The summed E-state index contributed by atoms with van der Waals surface area (Å²) in [6.45, 7) is 3.64. The molecule has 0 spiro atoms. The molecule has 8 heteroatoms. The first-order valence-corrected chi connectivity index (χ1v) is 9.00. The third-order valence-corrected chi connectivity index (χ3v) is 5.13. The quantitative estimate of drug-likeness (QED) is 0.659. The number of aromatic nitrogens is 2. The van der Waals surface area contributed by atoms with Crippen LogP contribution in [-0.4, -0.2) is 33.0 Å². The number of carbonyl (C=O) groups is 2. The monoisotopic (exact) mass is 368 g/mol. The standard InChI is InChI=1S/C18H16N4O3S/c1-11-5-7-13(8-6-11)22-12(2)17(23)21(18(22)24)10-15-19-16(20-25-15)14-4-3-9-26-14/h3-9,12H,10H2,1-2H3. The second-order valence-corrected chi connectivity index (χ2v) is 7.03. The SMILES string of the molecule is Cc1ccc(N2C(=O)N(Cc3nc(-c4cccs4)no3)C(=O)C2C)cc1. The number of thiophene rings is 1. The fraction of sp³-hybridized carbons (Fsp3) is 0.222. The number of anilines is 1. The van der Waals surface area contributed by atoms with Crippen molar-refractivity contribution in [1.82, 2.24) is 15.0 Å². The Morgan fingerprint density at radius 1 is 1.19 bits per heavy atom. The van der Waals surface area contributed by atoms with Crippen molar-refractivity contribution in [2.24, 2.45) is 0 Å². The van der Waals surface area contributed by atoms with Crippen LogP contribution in [0.5, 0.6) is 0 Å². The summed E-state index contributed by atoms with van der Waals surface area (Å²) >= 11 is 1.49. The van der Waals surface area contributed by atoms with E-state index in [1.807, 2.05) is 48.7 Å². The van der Waals surface area contributed by atoms with Crippen LogP contribution in [0.2, 0.25) is 0 Å². The number of hydrogen-bond donors (Lipinski definition) is 0. The van der Waals surface area contributed by atoms with E-state index < -0.39 is 6.04 Å². The molecule has 4 rings (SSSR count). The van der Waals surface area contributed by atoms with Gasteiger partial charge in [-0.15, -0.1) is 11.3 Å². The number of amides is 3. The van der Waals surface area contributed by atoms with E-state index in [2.05, 4.69) is 10.1 Å². The van der Waals surface area contributed by atoms with Gasteiger partial charge in [0.05, 0.1) is 4.88 Å². The van der Waals surface area contributed by atoms with Crippen LogP contribution in [0.4, 0.5) is 10.5 Å². The van der Waals surface area contributed by atoms with Gasteiger partial charge in [0.15, 0.2) is 0 Å². The van der Waals surface area contributed by atoms with E-state index in [0.717, 1.165) is 15.3 Å². The van der Waals surface area contributed by atoms with E-state index in [4.69, 9.17) is 4.52 Å². The van der Waals surface area contributed by atoms with Crippen molar-refractivity contribution in [3.63, 3.8) is 0 Å². The van der Waals surface area contributed by atoms with Gasteiger partial charge in [0, 0.05) is 5.69 Å². The minimum Gasteiger partial charge on any atom is -0.337 e. The van der Waals surface area contributed by atoms with E-state index in [-0.39, 0.29) is 24.4 Å². The molecule has 0 saturated carbocycles. The molecule has 1 aliphatic heterocycles. The first kappa shape index (κ1) is 16.5. The first-order valence-electron chi connectivity index (χ1n) is 8.12. The van der Waals surface area contributed by atoms with Gasteiger partial charge < -0.3 is 4.52 Å². The van der Waals surface area contributed by atoms with Gasteiger partial charge in [-0.3, -0.25) is 14.6 Å². The number of rotatable bonds is 4. The molecule has 3 amide bonds. The zero-order valence-corrected chi connectivity index (χ0v) is 15.1. The molecule has 7 nitrogen and oxygen atoms in total. The zero-order chi connectivity index (χ0) is 18.3. The molecule has 1 unspecified atom stereocenters. The van der Waals surface area contributed by atoms with E-state index in [9.17, 15) is 9.59 Å². The summed E-state index contributed by atoms with van der Waals surface area (Å²) in [7, 11) is 0. The summed E-state index contributed by atoms with van der Waals surface area (Å²) < 4.78 is 5.22. The lowest BCUT2D eigenvalue weighted by Gasteiger charge is -2.19. The van der Waals surface area contributed by atoms with Gasteiger partial charge in [-0.1, -0.05) is 28.9 Å². The molecule has 2 aromatic heterocycles. The van der Waals surface area contributed by atoms with Crippen molar-refractivity contribution in [2.45, 2.75) is 26.4 Å². The predicted octanol–water partition coefficient (Wildman–Crippen LogP) is 3.46. The van der Waals surface area contributed by atoms with Crippen LogP contribution in [0.25, 0.3) is 10.7 Å². The molecule has 0 radical (unpaired) electrons. The van der Waals surface area contributed by atoms with Crippen molar-refractivity contribution in [3.05, 3.63) is 53.2 Å². The van der Waals surface area contributed by atoms with Crippen molar-refractivity contribution in [1.29, 1.82) is 0 Å². The van der Waals surface area contributed by atoms with Crippen molar-refractivity contribution in [3.8, 4) is 10.7 Å². The van der Waals surface area contributed by atoms with Gasteiger partial charge in [0.2, 0.25) is 11.7 Å². The Hall–Kier alpha value is -3.00. The summed E-state index contributed by atoms with van der Waals surface area (Å²) in [4.78, 5) is 33.2. The minimum atomic E-state index is -0.579. The number of urea groups is 1. The Balaban J connectivity index is 1.56. The van der Waals surface area contributed by atoms with Crippen LogP contribution in [0.15, 0.2) is 46.3 Å². The maximum absolute atomic E-state index is 12.8. The summed E-state index contributed by atoms with van der Waals surface area (Å²) in [6.07, 6.45) is 0. The van der Waals surface area contributed by atoms with E-state index >= 15 is 0 Å². The highest BCUT2D eigenvalue weighted by molar-refractivity contribution is 7.13. The van der Waals surface area contributed by atoms with E-state index in [1.165, 1.54) is 16.2 Å². The number of nitrogens with zero attached hydrogens (tertiary/aromatic N) is 4. The Morgan fingerprint density at radius 3 is 2.65 bits per heavy atom. The van der Waals surface area contributed by atoms with Gasteiger partial charge in [-0.2, -0.15) is 4.98 Å². The zero-order valence-electron chi connectivity index (χ0n) is 14.2. The highest BCUT2D eigenvalue weighted by Crippen LogP contribution is 2.28. The lowest BCUT2D eigenvalue weighted by atomic mass is 10.2. The molecule has 0 N–H and O–H groups in total. The number of benzene rings is 1. The number of aryl methyl sites for hydroxylation is 1. The average Bonchev–Trinajstić information content (AvgIpc) is 3.35. The molecular formula is C18H16N4O3S. The molecule has 3 heterocycles. The molecule has 1 atom stereocenters. The summed E-state index contributed by atoms with van der Waals surface area (Å²) in [5, 5.41) is 5.83. The van der Waals surface area contributed by atoms with Gasteiger partial charge >= 0.3 is 6.03 Å². The van der Waals surface area contributed by atoms with Crippen molar-refractivity contribution < 1.29 is 14.1 Å². The fourth-order valence-corrected chi connectivity index (χ4v) is 3.52. The molecule has 3 aromatic rings. The molecule has 1 saturated heterocycles. The largest absolute Gasteiger partial charge is 0.337 e. The van der Waals surface area contributed by atoms with Crippen LogP contribution in [0, 0.1) is 6.92 Å². The second-order valence-electron chi connectivity index (χ2n) is 6.08. The van der Waals surface area contributed by atoms with Gasteiger partial charge in [0.25, 0.3) is 5.91 Å². The van der Waals surface area contributed by atoms with Gasteiger partial charge in [-0.25, -0.2) is 4.79 Å². The third kappa shape index (κ3) is 2.78. The Bertz CT molecular complexity index is 949. The Labute approximate surface area is 153 Å². The predicted molar refractivity (Wildman–Crippen MR) is 96.7 cm³/mol. The van der Waals surface area contributed by atoms with Crippen molar-refractivity contribution >= 4 is 29.0 Å². The van der Waals surface area contributed by atoms with E-state index in [1.54, 1.807) is 6.92 Å². The van der Waals surface area contributed by atoms with Gasteiger partial charge in [-0.05, 0) is 37.4 Å². The lowest BCUT2D eigenvalue weighted by molar-refractivity contribution is -0.127. The summed E-state index contributed by atoms with van der Waals surface area (Å²) in [5.74, 6) is 0.400. The Morgan fingerprint density at radius 2 is 1.96 bits per heavy atom. The summed E-state index contributed by atoms with van der Waals surface area (Å²) in [5.41, 5.74) is 1.77. The van der Waals surface area contributed by atoms with Crippen LogP contribution in [0.3, 0.4) is 0 Å². The maximum atomic E-state index is 12.8. The molecule has 1 fully saturated rings. The highest BCUT2D eigenvalue weighted by Gasteiger charge is 2.44.